The summed E-state index contributed by atoms with van der Waals surface area (Å²) in [5, 5.41) is 2.58. The minimum absolute atomic E-state index is 0.230. The summed E-state index contributed by atoms with van der Waals surface area (Å²) >= 11 is 3.39. The van der Waals surface area contributed by atoms with Crippen molar-refractivity contribution >= 4 is 33.9 Å². The van der Waals surface area contributed by atoms with E-state index in [-0.39, 0.29) is 11.6 Å². The number of hydrogen-bond acceptors (Lipinski definition) is 4. The van der Waals surface area contributed by atoms with Crippen LogP contribution in [0.5, 0.6) is 11.5 Å². The zero-order valence-corrected chi connectivity index (χ0v) is 14.2. The maximum Gasteiger partial charge on any atom is 0.329 e. The minimum atomic E-state index is -0.398. The molecule has 0 unspecified atom stereocenters. The van der Waals surface area contributed by atoms with Gasteiger partial charge in [0, 0.05) is 18.2 Å². The minimum Gasteiger partial charge on any atom is -0.496 e. The number of imide groups is 1. The highest BCUT2D eigenvalue weighted by molar-refractivity contribution is 9.10. The van der Waals surface area contributed by atoms with Crippen LogP contribution in [0.2, 0.25) is 0 Å². The molecule has 22 heavy (non-hydrogen) atoms. The Morgan fingerprint density at radius 1 is 1.23 bits per heavy atom. The summed E-state index contributed by atoms with van der Waals surface area (Å²) in [5.74, 6) is 0.831. The second-order valence-electron chi connectivity index (χ2n) is 4.67. The summed E-state index contributed by atoms with van der Waals surface area (Å²) in [4.78, 5) is 25.2. The van der Waals surface area contributed by atoms with Gasteiger partial charge >= 0.3 is 6.03 Å². The molecule has 0 aromatic heterocycles. The molecule has 1 aliphatic rings. The van der Waals surface area contributed by atoms with Crippen LogP contribution in [0.1, 0.15) is 18.9 Å². The van der Waals surface area contributed by atoms with Crippen LogP contribution >= 0.6 is 15.9 Å². The van der Waals surface area contributed by atoms with Gasteiger partial charge in [0.2, 0.25) is 0 Å². The van der Waals surface area contributed by atoms with Gasteiger partial charge in [-0.3, -0.25) is 9.69 Å². The van der Waals surface area contributed by atoms with Gasteiger partial charge in [-0.1, -0.05) is 6.92 Å². The average molecular weight is 369 g/mol. The molecule has 7 heteroatoms. The summed E-state index contributed by atoms with van der Waals surface area (Å²) in [6, 6.07) is 3.08. The lowest BCUT2D eigenvalue weighted by atomic mass is 10.1. The quantitative estimate of drug-likeness (QED) is 0.640. The van der Waals surface area contributed by atoms with Gasteiger partial charge in [-0.2, -0.15) is 0 Å². The van der Waals surface area contributed by atoms with Gasteiger partial charge in [0.1, 0.15) is 17.2 Å². The van der Waals surface area contributed by atoms with Crippen molar-refractivity contribution in [1.29, 1.82) is 0 Å². The molecular weight excluding hydrogens is 352 g/mol. The van der Waals surface area contributed by atoms with E-state index in [0.29, 0.717) is 30.0 Å². The van der Waals surface area contributed by atoms with Gasteiger partial charge in [-0.25, -0.2) is 4.79 Å². The zero-order valence-electron chi connectivity index (χ0n) is 12.6. The van der Waals surface area contributed by atoms with Crippen molar-refractivity contribution in [3.05, 3.63) is 27.9 Å². The van der Waals surface area contributed by atoms with E-state index in [1.165, 1.54) is 12.0 Å². The average Bonchev–Trinajstić information content (AvgIpc) is 2.75. The Labute approximate surface area is 137 Å². The molecule has 118 valence electrons. The van der Waals surface area contributed by atoms with Crippen molar-refractivity contribution in [3.8, 4) is 11.5 Å². The number of rotatable bonds is 5. The van der Waals surface area contributed by atoms with Gasteiger partial charge in [-0.15, -0.1) is 0 Å². The molecule has 3 amide bonds. The first-order valence-electron chi connectivity index (χ1n) is 6.77. The molecule has 1 aliphatic heterocycles. The number of benzene rings is 1. The predicted molar refractivity (Wildman–Crippen MR) is 85.8 cm³/mol. The fourth-order valence-electron chi connectivity index (χ4n) is 2.15. The molecule has 2 rings (SSSR count). The number of carbonyl (C=O) groups excluding carboxylic acids is 2. The topological polar surface area (TPSA) is 67.9 Å². The number of carbonyl (C=O) groups is 2. The maximum absolute atomic E-state index is 12.2. The van der Waals surface area contributed by atoms with Gasteiger partial charge in [0.25, 0.3) is 5.91 Å². The van der Waals surface area contributed by atoms with Crippen LogP contribution in [0.3, 0.4) is 0 Å². The maximum atomic E-state index is 12.2. The van der Waals surface area contributed by atoms with Gasteiger partial charge < -0.3 is 14.8 Å². The summed E-state index contributed by atoms with van der Waals surface area (Å²) in [5.41, 5.74) is 0.894. The van der Waals surface area contributed by atoms with Gasteiger partial charge in [0.15, 0.2) is 0 Å². The number of nitrogens with zero attached hydrogens (tertiary/aromatic N) is 1. The Bertz CT molecular complexity index is 643. The van der Waals surface area contributed by atoms with Crippen molar-refractivity contribution in [2.45, 2.75) is 13.3 Å². The first-order valence-corrected chi connectivity index (χ1v) is 7.57. The van der Waals surface area contributed by atoms with E-state index in [1.807, 2.05) is 6.92 Å². The lowest BCUT2D eigenvalue weighted by Gasteiger charge is -2.10. The van der Waals surface area contributed by atoms with Crippen LogP contribution < -0.4 is 14.8 Å². The third-order valence-corrected chi connectivity index (χ3v) is 3.83. The van der Waals surface area contributed by atoms with Crippen LogP contribution in [-0.4, -0.2) is 37.6 Å². The molecule has 1 heterocycles. The van der Waals surface area contributed by atoms with Crippen molar-refractivity contribution in [2.24, 2.45) is 0 Å². The Morgan fingerprint density at radius 2 is 1.91 bits per heavy atom. The summed E-state index contributed by atoms with van der Waals surface area (Å²) in [6.07, 6.45) is 2.31. The van der Waals surface area contributed by atoms with E-state index >= 15 is 0 Å². The normalized spacial score (nSPS) is 16.2. The lowest BCUT2D eigenvalue weighted by Crippen LogP contribution is -2.31. The van der Waals surface area contributed by atoms with Gasteiger partial charge in [0.05, 0.1) is 18.7 Å². The standard InChI is InChI=1S/C15H17BrN2O4/c1-4-5-18-14(19)11(17-15(18)20)7-9-6-10(16)13(22-3)8-12(9)21-2/h6-8H,4-5H2,1-3H3,(H,17,20)/b11-7+. The van der Waals surface area contributed by atoms with E-state index in [2.05, 4.69) is 21.2 Å². The van der Waals surface area contributed by atoms with Crippen LogP contribution in [-0.2, 0) is 4.79 Å². The van der Waals surface area contributed by atoms with Crippen molar-refractivity contribution < 1.29 is 19.1 Å². The number of halogens is 1. The highest BCUT2D eigenvalue weighted by atomic mass is 79.9. The number of ether oxygens (including phenoxy) is 2. The van der Waals surface area contributed by atoms with Crippen LogP contribution in [0.15, 0.2) is 22.3 Å². The fourth-order valence-corrected chi connectivity index (χ4v) is 2.67. The van der Waals surface area contributed by atoms with Gasteiger partial charge in [-0.05, 0) is 34.5 Å². The van der Waals surface area contributed by atoms with Crippen molar-refractivity contribution in [1.82, 2.24) is 10.2 Å². The van der Waals surface area contributed by atoms with E-state index in [4.69, 9.17) is 9.47 Å². The second kappa shape index (κ2) is 6.83. The summed E-state index contributed by atoms with van der Waals surface area (Å²) in [7, 11) is 3.09. The Kier molecular flexibility index (Phi) is 5.07. The summed E-state index contributed by atoms with van der Waals surface area (Å²) in [6.45, 7) is 2.30. The molecule has 1 saturated heterocycles. The molecule has 1 fully saturated rings. The third-order valence-electron chi connectivity index (χ3n) is 3.21. The first-order chi connectivity index (χ1) is 10.5. The highest BCUT2D eigenvalue weighted by Crippen LogP contribution is 2.34. The highest BCUT2D eigenvalue weighted by Gasteiger charge is 2.32. The SMILES string of the molecule is CCCN1C(=O)N/C(=C/c2cc(Br)c(OC)cc2OC)C1=O. The molecule has 1 aromatic carbocycles. The molecule has 0 saturated carbocycles. The van der Waals surface area contributed by atoms with Crippen LogP contribution in [0, 0.1) is 0 Å². The lowest BCUT2D eigenvalue weighted by molar-refractivity contribution is -0.122. The predicted octanol–water partition coefficient (Wildman–Crippen LogP) is 2.77. The molecule has 0 bridgehead atoms. The Balaban J connectivity index is 2.39. The molecule has 6 nitrogen and oxygen atoms in total. The number of amides is 3. The number of methoxy groups -OCH3 is 2. The van der Waals surface area contributed by atoms with E-state index in [1.54, 1.807) is 25.3 Å². The van der Waals surface area contributed by atoms with Crippen molar-refractivity contribution in [3.63, 3.8) is 0 Å². The molecule has 0 aliphatic carbocycles. The largest absolute Gasteiger partial charge is 0.496 e. The number of urea groups is 1. The number of hydrogen-bond donors (Lipinski definition) is 1. The first kappa shape index (κ1) is 16.4. The molecule has 1 N–H and O–H groups in total. The number of nitrogens with one attached hydrogen (secondary N) is 1. The van der Waals surface area contributed by atoms with E-state index in [0.717, 1.165) is 4.47 Å². The molecular formula is C15H17BrN2O4. The smallest absolute Gasteiger partial charge is 0.329 e. The Hall–Kier alpha value is -2.02. The van der Waals surface area contributed by atoms with Crippen LogP contribution in [0.25, 0.3) is 6.08 Å². The monoisotopic (exact) mass is 368 g/mol. The van der Waals surface area contributed by atoms with Crippen molar-refractivity contribution in [2.75, 3.05) is 20.8 Å². The molecule has 0 spiro atoms. The van der Waals surface area contributed by atoms with E-state index in [9.17, 15) is 9.59 Å². The second-order valence-corrected chi connectivity index (χ2v) is 5.53. The van der Waals surface area contributed by atoms with E-state index < -0.39 is 6.03 Å². The van der Waals surface area contributed by atoms with Crippen LogP contribution in [0.4, 0.5) is 4.79 Å². The molecule has 1 aromatic rings. The Morgan fingerprint density at radius 3 is 2.50 bits per heavy atom. The molecule has 0 atom stereocenters. The summed E-state index contributed by atoms with van der Waals surface area (Å²) < 4.78 is 11.2. The zero-order chi connectivity index (χ0) is 16.3. The fraction of sp³-hybridized carbons (Fsp3) is 0.333. The molecule has 0 radical (unpaired) electrons. The third kappa shape index (κ3) is 3.09.